The zero-order valence-corrected chi connectivity index (χ0v) is 15.9. The van der Waals surface area contributed by atoms with Crippen LogP contribution in [0.15, 0.2) is 41.3 Å². The van der Waals surface area contributed by atoms with Crippen LogP contribution in [-0.2, 0) is 14.3 Å². The SMILES string of the molecule is Cc1ccc(NC(=O)COC(=O)c2ccc3c(c2)NC(=O)CCS3)c(C)c1. The van der Waals surface area contributed by atoms with Gasteiger partial charge in [0.2, 0.25) is 5.91 Å². The summed E-state index contributed by atoms with van der Waals surface area (Å²) in [4.78, 5) is 36.9. The van der Waals surface area contributed by atoms with Crippen LogP contribution >= 0.6 is 11.8 Å². The summed E-state index contributed by atoms with van der Waals surface area (Å²) in [7, 11) is 0. The van der Waals surface area contributed by atoms with Gasteiger partial charge in [0.1, 0.15) is 0 Å². The number of nitrogens with one attached hydrogen (secondary N) is 2. The number of rotatable bonds is 4. The number of hydrogen-bond acceptors (Lipinski definition) is 5. The lowest BCUT2D eigenvalue weighted by molar-refractivity contribution is -0.119. The highest BCUT2D eigenvalue weighted by Gasteiger charge is 2.17. The van der Waals surface area contributed by atoms with Crippen LogP contribution in [0.3, 0.4) is 0 Å². The molecule has 2 N–H and O–H groups in total. The van der Waals surface area contributed by atoms with E-state index < -0.39 is 11.9 Å². The third-order valence-corrected chi connectivity index (χ3v) is 5.14. The molecule has 0 aromatic heterocycles. The van der Waals surface area contributed by atoms with E-state index in [9.17, 15) is 14.4 Å². The Kier molecular flexibility index (Phi) is 5.81. The molecule has 0 atom stereocenters. The van der Waals surface area contributed by atoms with Gasteiger partial charge in [-0.05, 0) is 43.7 Å². The second-order valence-corrected chi connectivity index (χ2v) is 7.44. The molecule has 2 aromatic carbocycles. The molecule has 1 heterocycles. The van der Waals surface area contributed by atoms with Crippen molar-refractivity contribution in [3.05, 3.63) is 53.1 Å². The van der Waals surface area contributed by atoms with Gasteiger partial charge in [-0.2, -0.15) is 0 Å². The van der Waals surface area contributed by atoms with Gasteiger partial charge in [0, 0.05) is 22.8 Å². The number of amides is 2. The van der Waals surface area contributed by atoms with E-state index in [0.29, 0.717) is 23.5 Å². The quantitative estimate of drug-likeness (QED) is 0.788. The van der Waals surface area contributed by atoms with Crippen LogP contribution in [0.4, 0.5) is 11.4 Å². The molecule has 0 saturated heterocycles. The van der Waals surface area contributed by atoms with Crippen molar-refractivity contribution in [3.8, 4) is 0 Å². The van der Waals surface area contributed by atoms with Gasteiger partial charge < -0.3 is 15.4 Å². The van der Waals surface area contributed by atoms with Crippen LogP contribution in [0.1, 0.15) is 27.9 Å². The van der Waals surface area contributed by atoms with Crippen molar-refractivity contribution in [2.75, 3.05) is 23.0 Å². The summed E-state index contributed by atoms with van der Waals surface area (Å²) < 4.78 is 5.10. The lowest BCUT2D eigenvalue weighted by Gasteiger charge is -2.11. The van der Waals surface area contributed by atoms with Crippen LogP contribution in [-0.4, -0.2) is 30.1 Å². The average molecular weight is 384 g/mol. The van der Waals surface area contributed by atoms with Gasteiger partial charge in [-0.15, -0.1) is 11.8 Å². The standard InChI is InChI=1S/C20H20N2O4S/c1-12-3-5-15(13(2)9-12)21-19(24)11-26-20(25)14-4-6-17-16(10-14)22-18(23)7-8-27-17/h3-6,9-10H,7-8,11H2,1-2H3,(H,21,24)(H,22,23). The molecular formula is C20H20N2O4S. The van der Waals surface area contributed by atoms with Crippen LogP contribution < -0.4 is 10.6 Å². The number of carbonyl (C=O) groups excluding carboxylic acids is 3. The number of benzene rings is 2. The first-order valence-corrected chi connectivity index (χ1v) is 9.52. The summed E-state index contributed by atoms with van der Waals surface area (Å²) in [6, 6.07) is 10.7. The maximum absolute atomic E-state index is 12.2. The first-order chi connectivity index (χ1) is 12.9. The van der Waals surface area contributed by atoms with Crippen molar-refractivity contribution in [1.29, 1.82) is 0 Å². The maximum atomic E-state index is 12.2. The molecule has 0 radical (unpaired) electrons. The summed E-state index contributed by atoms with van der Waals surface area (Å²) >= 11 is 1.56. The second kappa shape index (κ2) is 8.26. The van der Waals surface area contributed by atoms with E-state index in [4.69, 9.17) is 4.74 Å². The zero-order valence-electron chi connectivity index (χ0n) is 15.1. The Morgan fingerprint density at radius 3 is 2.78 bits per heavy atom. The summed E-state index contributed by atoms with van der Waals surface area (Å²) in [5.41, 5.74) is 3.61. The van der Waals surface area contributed by atoms with Crippen LogP contribution in [0.2, 0.25) is 0 Å². The summed E-state index contributed by atoms with van der Waals surface area (Å²) in [6.07, 6.45) is 0.428. The van der Waals surface area contributed by atoms with E-state index in [-0.39, 0.29) is 18.1 Å². The molecule has 6 nitrogen and oxygen atoms in total. The monoisotopic (exact) mass is 384 g/mol. The molecule has 0 spiro atoms. The Hall–Kier alpha value is -2.80. The molecule has 0 fully saturated rings. The molecule has 27 heavy (non-hydrogen) atoms. The molecule has 3 rings (SSSR count). The third kappa shape index (κ3) is 4.89. The number of esters is 1. The molecule has 7 heteroatoms. The molecule has 0 aliphatic carbocycles. The van der Waals surface area contributed by atoms with Gasteiger partial charge in [0.15, 0.2) is 6.61 Å². The van der Waals surface area contributed by atoms with E-state index >= 15 is 0 Å². The van der Waals surface area contributed by atoms with Crippen molar-refractivity contribution < 1.29 is 19.1 Å². The largest absolute Gasteiger partial charge is 0.452 e. The number of anilines is 2. The first kappa shape index (κ1) is 19.0. The fraction of sp³-hybridized carbons (Fsp3) is 0.250. The smallest absolute Gasteiger partial charge is 0.338 e. The Morgan fingerprint density at radius 1 is 1.19 bits per heavy atom. The van der Waals surface area contributed by atoms with E-state index in [1.54, 1.807) is 30.0 Å². The topological polar surface area (TPSA) is 84.5 Å². The normalized spacial score (nSPS) is 13.2. The lowest BCUT2D eigenvalue weighted by atomic mass is 10.1. The highest BCUT2D eigenvalue weighted by molar-refractivity contribution is 7.99. The number of aryl methyl sites for hydroxylation is 2. The second-order valence-electron chi connectivity index (χ2n) is 6.30. The molecule has 140 valence electrons. The molecule has 0 bridgehead atoms. The van der Waals surface area contributed by atoms with Crippen LogP contribution in [0, 0.1) is 13.8 Å². The molecule has 1 aliphatic rings. The minimum atomic E-state index is -0.614. The number of fused-ring (bicyclic) bond motifs is 1. The zero-order chi connectivity index (χ0) is 19.4. The lowest BCUT2D eigenvalue weighted by Crippen LogP contribution is -2.21. The highest BCUT2D eigenvalue weighted by atomic mass is 32.2. The van der Waals surface area contributed by atoms with Crippen molar-refractivity contribution in [3.63, 3.8) is 0 Å². The van der Waals surface area contributed by atoms with Crippen molar-refractivity contribution in [2.45, 2.75) is 25.2 Å². The number of ether oxygens (including phenoxy) is 1. The van der Waals surface area contributed by atoms with Gasteiger partial charge in [0.25, 0.3) is 5.91 Å². The fourth-order valence-corrected chi connectivity index (χ4v) is 3.64. The Labute approximate surface area is 161 Å². The van der Waals surface area contributed by atoms with Crippen LogP contribution in [0.25, 0.3) is 0 Å². The number of carbonyl (C=O) groups is 3. The van der Waals surface area contributed by atoms with E-state index in [2.05, 4.69) is 10.6 Å². The van der Waals surface area contributed by atoms with E-state index in [0.717, 1.165) is 16.0 Å². The Morgan fingerprint density at radius 2 is 2.00 bits per heavy atom. The molecular weight excluding hydrogens is 364 g/mol. The molecule has 1 aliphatic heterocycles. The first-order valence-electron chi connectivity index (χ1n) is 8.53. The van der Waals surface area contributed by atoms with Crippen molar-refractivity contribution in [1.82, 2.24) is 0 Å². The van der Waals surface area contributed by atoms with Gasteiger partial charge in [0.05, 0.1) is 11.3 Å². The van der Waals surface area contributed by atoms with Gasteiger partial charge in [-0.25, -0.2) is 4.79 Å². The number of hydrogen-bond donors (Lipinski definition) is 2. The van der Waals surface area contributed by atoms with E-state index in [1.807, 2.05) is 32.0 Å². The fourth-order valence-electron chi connectivity index (χ4n) is 2.70. The van der Waals surface area contributed by atoms with Gasteiger partial charge in [-0.1, -0.05) is 17.7 Å². The molecule has 0 saturated carbocycles. The predicted molar refractivity (Wildman–Crippen MR) is 105 cm³/mol. The molecule has 2 amide bonds. The summed E-state index contributed by atoms with van der Waals surface area (Å²) in [6.45, 7) is 3.49. The highest BCUT2D eigenvalue weighted by Crippen LogP contribution is 2.31. The third-order valence-electron chi connectivity index (χ3n) is 4.07. The van der Waals surface area contributed by atoms with Crippen molar-refractivity contribution in [2.24, 2.45) is 0 Å². The average Bonchev–Trinajstić information content (AvgIpc) is 2.81. The minimum absolute atomic E-state index is 0.0837. The van der Waals surface area contributed by atoms with E-state index in [1.165, 1.54) is 0 Å². The van der Waals surface area contributed by atoms with Crippen molar-refractivity contribution >= 4 is 40.9 Å². The van der Waals surface area contributed by atoms with Gasteiger partial charge in [-0.3, -0.25) is 9.59 Å². The summed E-state index contributed by atoms with van der Waals surface area (Å²) in [5, 5.41) is 5.51. The van der Waals surface area contributed by atoms with Gasteiger partial charge >= 0.3 is 5.97 Å². The Bertz CT molecular complexity index is 911. The molecule has 0 unspecified atom stereocenters. The van der Waals surface area contributed by atoms with Crippen LogP contribution in [0.5, 0.6) is 0 Å². The maximum Gasteiger partial charge on any atom is 0.338 e. The minimum Gasteiger partial charge on any atom is -0.452 e. The Balaban J connectivity index is 1.60. The number of thioether (sulfide) groups is 1. The molecule has 2 aromatic rings. The predicted octanol–water partition coefficient (Wildman–Crippen LogP) is 3.53. The summed E-state index contributed by atoms with van der Waals surface area (Å²) in [5.74, 6) is -0.410.